The number of hydrogen-bond donors (Lipinski definition) is 1. The highest BCUT2D eigenvalue weighted by molar-refractivity contribution is 6.08. The molecule has 2 rings (SSSR count). The Balaban J connectivity index is 2.36. The molecule has 1 aromatic heterocycles. The van der Waals surface area contributed by atoms with Gasteiger partial charge in [0.25, 0.3) is 0 Å². The molecule has 0 saturated carbocycles. The Bertz CT molecular complexity index is 550. The molecule has 0 bridgehead atoms. The Labute approximate surface area is 99.4 Å². The summed E-state index contributed by atoms with van der Waals surface area (Å²) < 4.78 is 40.3. The molecule has 1 N–H and O–H groups in total. The zero-order valence-electron chi connectivity index (χ0n) is 8.86. The number of aromatic nitrogens is 2. The van der Waals surface area contributed by atoms with Gasteiger partial charge in [-0.3, -0.25) is 4.79 Å². The Morgan fingerprint density at radius 2 is 2.00 bits per heavy atom. The molecule has 0 spiro atoms. The van der Waals surface area contributed by atoms with Crippen molar-refractivity contribution in [2.75, 3.05) is 0 Å². The van der Waals surface area contributed by atoms with E-state index in [4.69, 9.17) is 0 Å². The summed E-state index contributed by atoms with van der Waals surface area (Å²) in [6.07, 6.45) is -2.11. The highest BCUT2D eigenvalue weighted by Gasteiger charge is 2.33. The normalized spacial score (nSPS) is 11.3. The SMILES string of the molecule is O=C(c1ncc[nH]1)c1ccccc1OC(F)(F)F. The molecule has 0 aliphatic carbocycles. The summed E-state index contributed by atoms with van der Waals surface area (Å²) in [6, 6.07) is 5.11. The molecule has 0 fully saturated rings. The third-order valence-corrected chi connectivity index (χ3v) is 2.07. The van der Waals surface area contributed by atoms with E-state index in [1.807, 2.05) is 0 Å². The van der Waals surface area contributed by atoms with Crippen molar-refractivity contribution in [1.82, 2.24) is 9.97 Å². The molecule has 0 aliphatic rings. The van der Waals surface area contributed by atoms with Gasteiger partial charge in [-0.1, -0.05) is 12.1 Å². The minimum absolute atomic E-state index is 0.0479. The van der Waals surface area contributed by atoms with Crippen molar-refractivity contribution in [3.8, 4) is 5.75 Å². The number of para-hydroxylation sites is 1. The van der Waals surface area contributed by atoms with Crippen LogP contribution in [0.15, 0.2) is 36.7 Å². The zero-order chi connectivity index (χ0) is 13.2. The number of ether oxygens (including phenoxy) is 1. The van der Waals surface area contributed by atoms with Crippen molar-refractivity contribution in [2.45, 2.75) is 6.36 Å². The molecule has 2 aromatic rings. The topological polar surface area (TPSA) is 55.0 Å². The molecule has 0 amide bonds. The van der Waals surface area contributed by atoms with E-state index in [1.165, 1.54) is 30.6 Å². The second-order valence-corrected chi connectivity index (χ2v) is 3.31. The average molecular weight is 256 g/mol. The van der Waals surface area contributed by atoms with E-state index in [1.54, 1.807) is 0 Å². The van der Waals surface area contributed by atoms with Crippen LogP contribution in [0, 0.1) is 0 Å². The number of benzene rings is 1. The van der Waals surface area contributed by atoms with Crippen LogP contribution < -0.4 is 4.74 Å². The van der Waals surface area contributed by atoms with Gasteiger partial charge in [0, 0.05) is 12.4 Å². The van der Waals surface area contributed by atoms with Crippen molar-refractivity contribution in [3.05, 3.63) is 48.0 Å². The van der Waals surface area contributed by atoms with Crippen LogP contribution in [0.2, 0.25) is 0 Å². The van der Waals surface area contributed by atoms with Crippen molar-refractivity contribution in [1.29, 1.82) is 0 Å². The zero-order valence-corrected chi connectivity index (χ0v) is 8.86. The maximum atomic E-state index is 12.2. The molecule has 18 heavy (non-hydrogen) atoms. The maximum Gasteiger partial charge on any atom is 0.573 e. The van der Waals surface area contributed by atoms with Gasteiger partial charge in [0.15, 0.2) is 5.82 Å². The Morgan fingerprint density at radius 3 is 2.61 bits per heavy atom. The van der Waals surface area contributed by atoms with E-state index in [2.05, 4.69) is 14.7 Å². The predicted molar refractivity (Wildman–Crippen MR) is 55.1 cm³/mol. The van der Waals surface area contributed by atoms with E-state index in [0.29, 0.717) is 0 Å². The summed E-state index contributed by atoms with van der Waals surface area (Å²) in [6.45, 7) is 0. The number of hydrogen-bond acceptors (Lipinski definition) is 3. The fourth-order valence-electron chi connectivity index (χ4n) is 1.38. The highest BCUT2D eigenvalue weighted by atomic mass is 19.4. The van der Waals surface area contributed by atoms with Gasteiger partial charge in [0.05, 0.1) is 5.56 Å². The lowest BCUT2D eigenvalue weighted by atomic mass is 10.1. The minimum atomic E-state index is -4.85. The van der Waals surface area contributed by atoms with Crippen molar-refractivity contribution in [2.24, 2.45) is 0 Å². The molecule has 4 nitrogen and oxygen atoms in total. The van der Waals surface area contributed by atoms with E-state index < -0.39 is 17.9 Å². The molecule has 0 saturated heterocycles. The van der Waals surface area contributed by atoms with Crippen LogP contribution in [0.4, 0.5) is 13.2 Å². The number of ketones is 1. The summed E-state index contributed by atoms with van der Waals surface area (Å²) in [5, 5.41) is 0. The van der Waals surface area contributed by atoms with Crippen molar-refractivity contribution < 1.29 is 22.7 Å². The van der Waals surface area contributed by atoms with Gasteiger partial charge in [-0.25, -0.2) is 4.98 Å². The number of rotatable bonds is 3. The lowest BCUT2D eigenvalue weighted by molar-refractivity contribution is -0.274. The standard InChI is InChI=1S/C11H7F3N2O2/c12-11(13,14)18-8-4-2-1-3-7(8)9(17)10-15-5-6-16-10/h1-6H,(H,15,16). The Kier molecular flexibility index (Phi) is 3.05. The number of alkyl halides is 3. The van der Waals surface area contributed by atoms with Gasteiger partial charge in [0.2, 0.25) is 5.78 Å². The largest absolute Gasteiger partial charge is 0.573 e. The monoisotopic (exact) mass is 256 g/mol. The molecule has 94 valence electrons. The van der Waals surface area contributed by atoms with E-state index in [-0.39, 0.29) is 11.4 Å². The first-order valence-corrected chi connectivity index (χ1v) is 4.86. The second kappa shape index (κ2) is 4.52. The minimum Gasteiger partial charge on any atom is -0.405 e. The lowest BCUT2D eigenvalue weighted by Gasteiger charge is -2.11. The third kappa shape index (κ3) is 2.68. The van der Waals surface area contributed by atoms with Gasteiger partial charge in [-0.2, -0.15) is 0 Å². The van der Waals surface area contributed by atoms with Crippen LogP contribution in [-0.4, -0.2) is 22.1 Å². The van der Waals surface area contributed by atoms with Crippen LogP contribution in [0.5, 0.6) is 5.75 Å². The summed E-state index contributed by atoms with van der Waals surface area (Å²) in [5.41, 5.74) is -0.204. The van der Waals surface area contributed by atoms with Crippen LogP contribution in [-0.2, 0) is 0 Å². The molecular weight excluding hydrogens is 249 g/mol. The quantitative estimate of drug-likeness (QED) is 0.858. The fourth-order valence-corrected chi connectivity index (χ4v) is 1.38. The number of nitrogens with one attached hydrogen (secondary N) is 1. The van der Waals surface area contributed by atoms with E-state index >= 15 is 0 Å². The molecule has 0 aliphatic heterocycles. The van der Waals surface area contributed by atoms with Crippen molar-refractivity contribution in [3.63, 3.8) is 0 Å². The van der Waals surface area contributed by atoms with Crippen LogP contribution in [0.3, 0.4) is 0 Å². The van der Waals surface area contributed by atoms with Crippen LogP contribution in [0.1, 0.15) is 16.2 Å². The fraction of sp³-hybridized carbons (Fsp3) is 0.0909. The van der Waals surface area contributed by atoms with Crippen LogP contribution >= 0.6 is 0 Å². The van der Waals surface area contributed by atoms with Crippen LogP contribution in [0.25, 0.3) is 0 Å². The molecule has 1 aromatic carbocycles. The molecular formula is C11H7F3N2O2. The number of carbonyl (C=O) groups is 1. The number of carbonyl (C=O) groups excluding carboxylic acids is 1. The number of nitrogens with zero attached hydrogens (tertiary/aromatic N) is 1. The lowest BCUT2D eigenvalue weighted by Crippen LogP contribution is -2.19. The Hall–Kier alpha value is -2.31. The number of H-pyrrole nitrogens is 1. The summed E-state index contributed by atoms with van der Waals surface area (Å²) >= 11 is 0. The smallest absolute Gasteiger partial charge is 0.405 e. The molecule has 0 unspecified atom stereocenters. The molecule has 0 radical (unpaired) electrons. The molecule has 7 heteroatoms. The number of imidazole rings is 1. The predicted octanol–water partition coefficient (Wildman–Crippen LogP) is 2.54. The van der Waals surface area contributed by atoms with Gasteiger partial charge in [-0.05, 0) is 12.1 Å². The van der Waals surface area contributed by atoms with Crippen molar-refractivity contribution >= 4 is 5.78 Å². The number of aromatic amines is 1. The van der Waals surface area contributed by atoms with E-state index in [9.17, 15) is 18.0 Å². The third-order valence-electron chi connectivity index (χ3n) is 2.07. The average Bonchev–Trinajstić information content (AvgIpc) is 2.80. The maximum absolute atomic E-state index is 12.2. The van der Waals surface area contributed by atoms with Gasteiger partial charge in [-0.15, -0.1) is 13.2 Å². The first-order chi connectivity index (χ1) is 8.47. The second-order valence-electron chi connectivity index (χ2n) is 3.31. The Morgan fingerprint density at radius 1 is 1.28 bits per heavy atom. The summed E-state index contributed by atoms with van der Waals surface area (Å²) in [5.74, 6) is -1.26. The van der Waals surface area contributed by atoms with Gasteiger partial charge in [0.1, 0.15) is 5.75 Å². The molecule has 1 heterocycles. The van der Waals surface area contributed by atoms with E-state index in [0.717, 1.165) is 6.07 Å². The summed E-state index contributed by atoms with van der Waals surface area (Å²) in [7, 11) is 0. The first kappa shape index (κ1) is 12.2. The van der Waals surface area contributed by atoms with Gasteiger partial charge < -0.3 is 9.72 Å². The highest BCUT2D eigenvalue weighted by Crippen LogP contribution is 2.27. The molecule has 0 atom stereocenters. The summed E-state index contributed by atoms with van der Waals surface area (Å²) in [4.78, 5) is 18.1. The van der Waals surface area contributed by atoms with Gasteiger partial charge >= 0.3 is 6.36 Å². The first-order valence-electron chi connectivity index (χ1n) is 4.86. The number of halogens is 3.